The first-order chi connectivity index (χ1) is 9.66. The zero-order valence-corrected chi connectivity index (χ0v) is 12.5. The predicted molar refractivity (Wildman–Crippen MR) is 78.7 cm³/mol. The molecule has 0 aromatic heterocycles. The third-order valence-corrected chi connectivity index (χ3v) is 4.50. The van der Waals surface area contributed by atoms with E-state index in [1.165, 1.54) is 0 Å². The lowest BCUT2D eigenvalue weighted by Gasteiger charge is -2.31. The van der Waals surface area contributed by atoms with Gasteiger partial charge in [0, 0.05) is 17.7 Å². The number of amides is 1. The molecular formula is C16H20ClNO2. The van der Waals surface area contributed by atoms with E-state index in [0.717, 1.165) is 29.8 Å². The quantitative estimate of drug-likeness (QED) is 0.851. The molecule has 1 aromatic carbocycles. The fourth-order valence-corrected chi connectivity index (χ4v) is 3.01. The molecule has 0 spiro atoms. The molecule has 2 fully saturated rings. The Hall–Kier alpha value is -1.06. The molecule has 1 heterocycles. The molecule has 2 atom stereocenters. The van der Waals surface area contributed by atoms with Crippen LogP contribution in [0.15, 0.2) is 24.3 Å². The Morgan fingerprint density at radius 1 is 1.30 bits per heavy atom. The first kappa shape index (κ1) is 13.9. The van der Waals surface area contributed by atoms with E-state index in [-0.39, 0.29) is 17.9 Å². The van der Waals surface area contributed by atoms with Gasteiger partial charge in [-0.3, -0.25) is 4.79 Å². The second-order valence-corrected chi connectivity index (χ2v) is 6.20. The highest BCUT2D eigenvalue weighted by atomic mass is 35.5. The first-order valence-corrected chi connectivity index (χ1v) is 7.70. The molecule has 4 heteroatoms. The van der Waals surface area contributed by atoms with Crippen LogP contribution in [0.5, 0.6) is 0 Å². The third kappa shape index (κ3) is 2.84. The van der Waals surface area contributed by atoms with Crippen molar-refractivity contribution in [2.45, 2.75) is 38.3 Å². The van der Waals surface area contributed by atoms with Gasteiger partial charge in [0.1, 0.15) is 0 Å². The van der Waals surface area contributed by atoms with E-state index in [2.05, 4.69) is 11.8 Å². The second kappa shape index (κ2) is 5.74. The number of benzene rings is 1. The molecule has 1 aliphatic heterocycles. The van der Waals surface area contributed by atoms with Gasteiger partial charge in [-0.2, -0.15) is 0 Å². The van der Waals surface area contributed by atoms with Crippen molar-refractivity contribution in [1.29, 1.82) is 0 Å². The molecule has 0 bridgehead atoms. The number of ether oxygens (including phenoxy) is 1. The van der Waals surface area contributed by atoms with Crippen LogP contribution in [-0.4, -0.2) is 30.1 Å². The SMILES string of the molecule is C[C@@H](c1ccc(Cl)cc1)N(C(=O)[C@H]1CCOC1)C1CC1. The van der Waals surface area contributed by atoms with E-state index in [0.29, 0.717) is 19.3 Å². The Morgan fingerprint density at radius 3 is 2.55 bits per heavy atom. The van der Waals surface area contributed by atoms with Crippen LogP contribution in [0.2, 0.25) is 5.02 Å². The fourth-order valence-electron chi connectivity index (χ4n) is 2.88. The van der Waals surface area contributed by atoms with Gasteiger partial charge in [0.15, 0.2) is 0 Å². The van der Waals surface area contributed by atoms with Crippen LogP contribution >= 0.6 is 11.6 Å². The van der Waals surface area contributed by atoms with Crippen LogP contribution in [0.4, 0.5) is 0 Å². The van der Waals surface area contributed by atoms with E-state index in [4.69, 9.17) is 16.3 Å². The number of carbonyl (C=O) groups is 1. The maximum atomic E-state index is 12.7. The van der Waals surface area contributed by atoms with Gasteiger partial charge in [0.2, 0.25) is 5.91 Å². The van der Waals surface area contributed by atoms with Crippen LogP contribution in [0.1, 0.15) is 37.8 Å². The highest BCUT2D eigenvalue weighted by molar-refractivity contribution is 6.30. The Balaban J connectivity index is 1.79. The van der Waals surface area contributed by atoms with Gasteiger partial charge in [-0.05, 0) is 43.9 Å². The van der Waals surface area contributed by atoms with Crippen molar-refractivity contribution in [3.8, 4) is 0 Å². The number of rotatable bonds is 4. The van der Waals surface area contributed by atoms with Crippen molar-refractivity contribution < 1.29 is 9.53 Å². The minimum Gasteiger partial charge on any atom is -0.381 e. The Kier molecular flexibility index (Phi) is 3.99. The normalized spacial score (nSPS) is 23.6. The number of hydrogen-bond acceptors (Lipinski definition) is 2. The second-order valence-electron chi connectivity index (χ2n) is 5.76. The summed E-state index contributed by atoms with van der Waals surface area (Å²) in [6.45, 7) is 3.40. The molecule has 0 unspecified atom stereocenters. The lowest BCUT2D eigenvalue weighted by atomic mass is 10.0. The molecule has 2 aliphatic rings. The maximum Gasteiger partial charge on any atom is 0.228 e. The van der Waals surface area contributed by atoms with E-state index in [1.807, 2.05) is 24.3 Å². The van der Waals surface area contributed by atoms with Crippen molar-refractivity contribution in [2.75, 3.05) is 13.2 Å². The van der Waals surface area contributed by atoms with Crippen molar-refractivity contribution in [1.82, 2.24) is 4.90 Å². The molecule has 108 valence electrons. The fraction of sp³-hybridized carbons (Fsp3) is 0.562. The van der Waals surface area contributed by atoms with E-state index in [9.17, 15) is 4.79 Å². The maximum absolute atomic E-state index is 12.7. The van der Waals surface area contributed by atoms with Crippen LogP contribution in [0, 0.1) is 5.92 Å². The average Bonchev–Trinajstić information content (AvgIpc) is 3.12. The summed E-state index contributed by atoms with van der Waals surface area (Å²) in [4.78, 5) is 14.8. The summed E-state index contributed by atoms with van der Waals surface area (Å²) in [5.74, 6) is 0.304. The van der Waals surface area contributed by atoms with Crippen LogP contribution < -0.4 is 0 Å². The molecule has 3 rings (SSSR count). The van der Waals surface area contributed by atoms with Crippen molar-refractivity contribution in [2.24, 2.45) is 5.92 Å². The molecule has 1 saturated heterocycles. The lowest BCUT2D eigenvalue weighted by Crippen LogP contribution is -2.40. The third-order valence-electron chi connectivity index (χ3n) is 4.24. The van der Waals surface area contributed by atoms with Gasteiger partial charge in [-0.25, -0.2) is 0 Å². The van der Waals surface area contributed by atoms with Crippen molar-refractivity contribution >= 4 is 17.5 Å². The number of halogens is 1. The van der Waals surface area contributed by atoms with Gasteiger partial charge in [-0.1, -0.05) is 23.7 Å². The van der Waals surface area contributed by atoms with Crippen molar-refractivity contribution in [3.05, 3.63) is 34.9 Å². The molecule has 0 radical (unpaired) electrons. The molecule has 20 heavy (non-hydrogen) atoms. The molecule has 1 aliphatic carbocycles. The standard InChI is InChI=1S/C16H20ClNO2/c1-11(12-2-4-14(17)5-3-12)18(15-6-7-15)16(19)13-8-9-20-10-13/h2-5,11,13,15H,6-10H2,1H3/t11-,13-/m0/s1. The van der Waals surface area contributed by atoms with Gasteiger partial charge < -0.3 is 9.64 Å². The topological polar surface area (TPSA) is 29.5 Å². The monoisotopic (exact) mass is 293 g/mol. The highest BCUT2D eigenvalue weighted by Crippen LogP contribution is 2.36. The summed E-state index contributed by atoms with van der Waals surface area (Å²) in [7, 11) is 0. The van der Waals surface area contributed by atoms with Gasteiger partial charge >= 0.3 is 0 Å². The zero-order valence-electron chi connectivity index (χ0n) is 11.7. The lowest BCUT2D eigenvalue weighted by molar-refractivity contribution is -0.138. The van der Waals surface area contributed by atoms with E-state index >= 15 is 0 Å². The molecule has 1 aromatic rings. The molecule has 1 saturated carbocycles. The summed E-state index contributed by atoms with van der Waals surface area (Å²) in [5.41, 5.74) is 1.15. The van der Waals surface area contributed by atoms with Gasteiger partial charge in [0.25, 0.3) is 0 Å². The smallest absolute Gasteiger partial charge is 0.228 e. The molecule has 0 N–H and O–H groups in total. The number of hydrogen-bond donors (Lipinski definition) is 0. The Morgan fingerprint density at radius 2 is 2.00 bits per heavy atom. The van der Waals surface area contributed by atoms with Crippen LogP contribution in [0.25, 0.3) is 0 Å². The first-order valence-electron chi connectivity index (χ1n) is 7.32. The average molecular weight is 294 g/mol. The number of carbonyl (C=O) groups excluding carboxylic acids is 1. The molecular weight excluding hydrogens is 274 g/mol. The Labute approximate surface area is 124 Å². The molecule has 1 amide bonds. The summed E-state index contributed by atoms with van der Waals surface area (Å²) in [5, 5.41) is 0.731. The van der Waals surface area contributed by atoms with E-state index in [1.54, 1.807) is 0 Å². The Bertz CT molecular complexity index is 478. The van der Waals surface area contributed by atoms with Gasteiger partial charge in [0.05, 0.1) is 18.6 Å². The minimum atomic E-state index is 0.0466. The molecule has 3 nitrogen and oxygen atoms in total. The largest absolute Gasteiger partial charge is 0.381 e. The van der Waals surface area contributed by atoms with Crippen molar-refractivity contribution in [3.63, 3.8) is 0 Å². The summed E-state index contributed by atoms with van der Waals surface area (Å²) >= 11 is 5.94. The van der Waals surface area contributed by atoms with Gasteiger partial charge in [-0.15, -0.1) is 0 Å². The predicted octanol–water partition coefficient (Wildman–Crippen LogP) is 3.43. The highest BCUT2D eigenvalue weighted by Gasteiger charge is 2.39. The zero-order chi connectivity index (χ0) is 14.1. The number of nitrogens with zero attached hydrogens (tertiary/aromatic N) is 1. The summed E-state index contributed by atoms with van der Waals surface area (Å²) in [6, 6.07) is 8.33. The summed E-state index contributed by atoms with van der Waals surface area (Å²) in [6.07, 6.45) is 3.10. The van der Waals surface area contributed by atoms with Crippen LogP contribution in [0.3, 0.4) is 0 Å². The minimum absolute atomic E-state index is 0.0466. The van der Waals surface area contributed by atoms with E-state index < -0.39 is 0 Å². The summed E-state index contributed by atoms with van der Waals surface area (Å²) < 4.78 is 5.36. The van der Waals surface area contributed by atoms with Crippen LogP contribution in [-0.2, 0) is 9.53 Å².